The Kier molecular flexibility index (Phi) is 5.34. The molecule has 148 valence electrons. The molecule has 28 heavy (non-hydrogen) atoms. The van der Waals surface area contributed by atoms with E-state index in [0.29, 0.717) is 5.56 Å². The van der Waals surface area contributed by atoms with Crippen molar-refractivity contribution in [2.45, 2.75) is 25.7 Å². The van der Waals surface area contributed by atoms with Gasteiger partial charge in [-0.2, -0.15) is 13.2 Å². The van der Waals surface area contributed by atoms with Crippen molar-refractivity contribution in [1.82, 2.24) is 4.90 Å². The Hall–Kier alpha value is -2.61. The van der Waals surface area contributed by atoms with Gasteiger partial charge in [0.15, 0.2) is 0 Å². The number of carbonyl (C=O) groups is 2. The number of hydrogen-bond donors (Lipinski definition) is 0. The van der Waals surface area contributed by atoms with E-state index < -0.39 is 35.4 Å². The van der Waals surface area contributed by atoms with Crippen LogP contribution in [0.3, 0.4) is 0 Å². The molecular weight excluding hydrogens is 400 g/mol. The highest BCUT2D eigenvalue weighted by Gasteiger charge is 2.38. The van der Waals surface area contributed by atoms with E-state index in [2.05, 4.69) is 0 Å². The van der Waals surface area contributed by atoms with Crippen molar-refractivity contribution in [2.75, 3.05) is 11.4 Å². The van der Waals surface area contributed by atoms with E-state index in [9.17, 15) is 27.2 Å². The molecule has 0 bridgehead atoms. The van der Waals surface area contributed by atoms with Crippen LogP contribution in [0.25, 0.3) is 0 Å². The first-order chi connectivity index (χ1) is 13.1. The highest BCUT2D eigenvalue weighted by molar-refractivity contribution is 6.30. The van der Waals surface area contributed by atoms with Crippen LogP contribution in [-0.4, -0.2) is 29.3 Å². The molecule has 2 aromatic rings. The molecule has 9 heteroatoms. The van der Waals surface area contributed by atoms with E-state index in [4.69, 9.17) is 11.6 Å². The van der Waals surface area contributed by atoms with Crippen LogP contribution in [-0.2, 0) is 22.3 Å². The average Bonchev–Trinajstić information content (AvgIpc) is 2.62. The summed E-state index contributed by atoms with van der Waals surface area (Å²) in [5.74, 6) is -1.66. The van der Waals surface area contributed by atoms with Gasteiger partial charge in [-0.1, -0.05) is 23.7 Å². The van der Waals surface area contributed by atoms with Gasteiger partial charge in [-0.3, -0.25) is 14.5 Å². The summed E-state index contributed by atoms with van der Waals surface area (Å²) >= 11 is 5.71. The third kappa shape index (κ3) is 3.96. The van der Waals surface area contributed by atoms with Crippen molar-refractivity contribution in [1.29, 1.82) is 0 Å². The van der Waals surface area contributed by atoms with Gasteiger partial charge in [0.2, 0.25) is 11.8 Å². The van der Waals surface area contributed by atoms with Crippen LogP contribution in [0.1, 0.15) is 18.1 Å². The second-order valence-electron chi connectivity index (χ2n) is 6.41. The van der Waals surface area contributed by atoms with E-state index in [1.165, 1.54) is 36.1 Å². The Morgan fingerprint density at radius 3 is 2.32 bits per heavy atom. The van der Waals surface area contributed by atoms with Crippen molar-refractivity contribution in [3.63, 3.8) is 0 Å². The largest absolute Gasteiger partial charge is 0.416 e. The van der Waals surface area contributed by atoms with Crippen LogP contribution >= 0.6 is 11.6 Å². The number of nitrogens with zero attached hydrogens (tertiary/aromatic N) is 2. The molecule has 4 nitrogen and oxygen atoms in total. The first-order valence-electron chi connectivity index (χ1n) is 8.30. The Bertz CT molecular complexity index is 915. The summed E-state index contributed by atoms with van der Waals surface area (Å²) in [5.41, 5.74) is -0.398. The minimum absolute atomic E-state index is 0.0270. The van der Waals surface area contributed by atoms with Crippen molar-refractivity contribution in [3.05, 3.63) is 64.4 Å². The van der Waals surface area contributed by atoms with Gasteiger partial charge >= 0.3 is 6.18 Å². The molecule has 2 amide bonds. The maximum Gasteiger partial charge on any atom is 0.416 e. The van der Waals surface area contributed by atoms with Crippen LogP contribution in [0.2, 0.25) is 5.02 Å². The number of anilines is 1. The molecule has 1 aliphatic heterocycles. The molecule has 0 spiro atoms. The molecule has 2 aromatic carbocycles. The lowest BCUT2D eigenvalue weighted by Crippen LogP contribution is -2.58. The zero-order valence-corrected chi connectivity index (χ0v) is 15.4. The smallest absolute Gasteiger partial charge is 0.325 e. The second kappa shape index (κ2) is 7.43. The summed E-state index contributed by atoms with van der Waals surface area (Å²) in [4.78, 5) is 27.5. The Balaban J connectivity index is 1.79. The second-order valence-corrected chi connectivity index (χ2v) is 6.85. The fraction of sp³-hybridized carbons (Fsp3) is 0.263. The number of benzene rings is 2. The third-order valence-electron chi connectivity index (χ3n) is 4.54. The molecule has 1 atom stereocenters. The lowest BCUT2D eigenvalue weighted by atomic mass is 10.1. The predicted molar refractivity (Wildman–Crippen MR) is 95.2 cm³/mol. The summed E-state index contributed by atoms with van der Waals surface area (Å²) < 4.78 is 52.1. The highest BCUT2D eigenvalue weighted by atomic mass is 35.5. The average molecular weight is 415 g/mol. The van der Waals surface area contributed by atoms with E-state index in [1.54, 1.807) is 0 Å². The van der Waals surface area contributed by atoms with Crippen LogP contribution in [0.5, 0.6) is 0 Å². The first kappa shape index (κ1) is 20.1. The maximum absolute atomic E-state index is 14.1. The van der Waals surface area contributed by atoms with Gasteiger partial charge in [0, 0.05) is 11.6 Å². The monoisotopic (exact) mass is 414 g/mol. The van der Waals surface area contributed by atoms with Crippen molar-refractivity contribution in [2.24, 2.45) is 0 Å². The minimum Gasteiger partial charge on any atom is -0.325 e. The molecule has 1 fully saturated rings. The SMILES string of the molecule is C[C@@H]1C(=O)N(c2ccc(Cl)cc2F)CC(=O)N1Cc1ccc(C(F)(F)F)cc1. The van der Waals surface area contributed by atoms with Crippen molar-refractivity contribution in [3.8, 4) is 0 Å². The summed E-state index contributed by atoms with van der Waals surface area (Å²) in [6, 6.07) is 7.25. The van der Waals surface area contributed by atoms with E-state index in [1.807, 2.05) is 0 Å². The fourth-order valence-corrected chi connectivity index (χ4v) is 3.16. The maximum atomic E-state index is 14.1. The number of hydrogen-bond acceptors (Lipinski definition) is 2. The molecule has 0 aliphatic carbocycles. The fourth-order valence-electron chi connectivity index (χ4n) is 3.00. The minimum atomic E-state index is -4.45. The van der Waals surface area contributed by atoms with Gasteiger partial charge < -0.3 is 4.90 Å². The molecule has 1 heterocycles. The van der Waals surface area contributed by atoms with Crippen molar-refractivity contribution >= 4 is 29.1 Å². The summed E-state index contributed by atoms with van der Waals surface area (Å²) in [6.07, 6.45) is -4.45. The Morgan fingerprint density at radius 1 is 1.11 bits per heavy atom. The zero-order valence-electron chi connectivity index (χ0n) is 14.6. The van der Waals surface area contributed by atoms with Crippen LogP contribution in [0, 0.1) is 5.82 Å². The van der Waals surface area contributed by atoms with E-state index >= 15 is 0 Å². The summed E-state index contributed by atoms with van der Waals surface area (Å²) in [6.45, 7) is 1.09. The topological polar surface area (TPSA) is 40.6 Å². The van der Waals surface area contributed by atoms with Gasteiger partial charge in [0.05, 0.1) is 11.3 Å². The Labute approximate surface area is 163 Å². The van der Waals surface area contributed by atoms with Gasteiger partial charge in [-0.25, -0.2) is 4.39 Å². The molecule has 3 rings (SSSR count). The van der Waals surface area contributed by atoms with Crippen molar-refractivity contribution < 1.29 is 27.2 Å². The molecular formula is C19H15ClF4N2O2. The number of carbonyl (C=O) groups excluding carboxylic acids is 2. The Morgan fingerprint density at radius 2 is 1.75 bits per heavy atom. The molecule has 0 saturated carbocycles. The van der Waals surface area contributed by atoms with Crippen LogP contribution in [0.15, 0.2) is 42.5 Å². The molecule has 1 aliphatic rings. The number of piperazine rings is 1. The van der Waals surface area contributed by atoms with Gasteiger partial charge in [0.1, 0.15) is 18.4 Å². The predicted octanol–water partition coefficient (Wildman–Crippen LogP) is 4.26. The van der Waals surface area contributed by atoms with Gasteiger partial charge in [-0.05, 0) is 42.8 Å². The summed E-state index contributed by atoms with van der Waals surface area (Å²) in [7, 11) is 0. The molecule has 0 N–H and O–H groups in total. The zero-order chi connectivity index (χ0) is 20.6. The number of halogens is 5. The van der Waals surface area contributed by atoms with Gasteiger partial charge in [-0.15, -0.1) is 0 Å². The first-order valence-corrected chi connectivity index (χ1v) is 8.68. The third-order valence-corrected chi connectivity index (χ3v) is 4.77. The standard InChI is InChI=1S/C19H15ClF4N2O2/c1-11-18(28)26(16-7-6-14(20)8-15(16)21)10-17(27)25(11)9-12-2-4-13(5-3-12)19(22,23)24/h2-8,11H,9-10H2,1H3/t11-/m1/s1. The molecule has 0 unspecified atom stereocenters. The summed E-state index contributed by atoms with van der Waals surface area (Å²) in [5, 5.41) is 0.161. The molecule has 0 aromatic heterocycles. The molecule has 1 saturated heterocycles. The lowest BCUT2D eigenvalue weighted by Gasteiger charge is -2.38. The van der Waals surface area contributed by atoms with Crippen LogP contribution < -0.4 is 4.90 Å². The van der Waals surface area contributed by atoms with Gasteiger partial charge in [0.25, 0.3) is 0 Å². The highest BCUT2D eigenvalue weighted by Crippen LogP contribution is 2.30. The number of alkyl halides is 3. The normalized spacial score (nSPS) is 18.0. The van der Waals surface area contributed by atoms with E-state index in [0.717, 1.165) is 23.1 Å². The number of rotatable bonds is 3. The van der Waals surface area contributed by atoms with Crippen LogP contribution in [0.4, 0.5) is 23.2 Å². The lowest BCUT2D eigenvalue weighted by molar-refractivity contribution is -0.143. The number of amides is 2. The quantitative estimate of drug-likeness (QED) is 0.704. The molecule has 0 radical (unpaired) electrons. The van der Waals surface area contributed by atoms with E-state index in [-0.39, 0.29) is 23.8 Å².